The molecule has 0 amide bonds. The molecule has 0 atom stereocenters. The fourth-order valence-corrected chi connectivity index (χ4v) is 2.56. The topological polar surface area (TPSA) is 38.7 Å². The normalized spacial score (nSPS) is 20.1. The fourth-order valence-electron chi connectivity index (χ4n) is 2.07. The van der Waals surface area contributed by atoms with Gasteiger partial charge < -0.3 is 4.74 Å². The molecule has 94 valence electrons. The molecular weight excluding hydrogens is 294 g/mol. The largest absolute Gasteiger partial charge is 0.492 e. The highest BCUT2D eigenvalue weighted by Crippen LogP contribution is 2.50. The molecule has 2 aliphatic carbocycles. The van der Waals surface area contributed by atoms with Gasteiger partial charge in [-0.2, -0.15) is 4.99 Å². The first-order valence-corrected chi connectivity index (χ1v) is 7.05. The minimum absolute atomic E-state index is 0.306. The van der Waals surface area contributed by atoms with Crippen molar-refractivity contribution in [3.63, 3.8) is 0 Å². The summed E-state index contributed by atoms with van der Waals surface area (Å²) in [5.74, 6) is 1.61. The first-order chi connectivity index (χ1) is 8.73. The minimum Gasteiger partial charge on any atom is -0.492 e. The lowest BCUT2D eigenvalue weighted by atomic mass is 10.1. The van der Waals surface area contributed by atoms with Crippen LogP contribution in [0.4, 0.5) is 0 Å². The third kappa shape index (κ3) is 2.36. The average molecular weight is 308 g/mol. The molecule has 0 aromatic heterocycles. The van der Waals surface area contributed by atoms with Crippen molar-refractivity contribution in [2.24, 2.45) is 10.9 Å². The lowest BCUT2D eigenvalue weighted by Gasteiger charge is -2.12. The molecule has 1 aromatic carbocycles. The maximum Gasteiger partial charge on any atom is 0.235 e. The van der Waals surface area contributed by atoms with Crippen LogP contribution in [0.25, 0.3) is 0 Å². The number of rotatable bonds is 5. The molecule has 18 heavy (non-hydrogen) atoms. The molecule has 0 N–H and O–H groups in total. The standard InChI is InChI=1S/C14H14BrNO2/c15-12-7-11(14(5-6-14)16-9-17)3-4-13(12)18-8-10-1-2-10/h3-4,7,10H,1-2,5-6,8H2. The Morgan fingerprint density at radius 3 is 2.78 bits per heavy atom. The van der Waals surface area contributed by atoms with E-state index in [2.05, 4.69) is 20.9 Å². The van der Waals surface area contributed by atoms with Gasteiger partial charge in [0.05, 0.1) is 16.6 Å². The molecule has 0 heterocycles. The monoisotopic (exact) mass is 307 g/mol. The summed E-state index contributed by atoms with van der Waals surface area (Å²) in [7, 11) is 0. The van der Waals surface area contributed by atoms with Gasteiger partial charge in [-0.15, -0.1) is 0 Å². The van der Waals surface area contributed by atoms with E-state index in [1.54, 1.807) is 6.08 Å². The van der Waals surface area contributed by atoms with Crippen LogP contribution in [0.1, 0.15) is 31.2 Å². The number of hydrogen-bond acceptors (Lipinski definition) is 3. The Morgan fingerprint density at radius 1 is 1.44 bits per heavy atom. The van der Waals surface area contributed by atoms with Gasteiger partial charge in [-0.05, 0) is 65.2 Å². The van der Waals surface area contributed by atoms with Crippen molar-refractivity contribution in [3.8, 4) is 5.75 Å². The highest BCUT2D eigenvalue weighted by atomic mass is 79.9. The predicted molar refractivity (Wildman–Crippen MR) is 71.4 cm³/mol. The number of benzene rings is 1. The van der Waals surface area contributed by atoms with Gasteiger partial charge in [0, 0.05) is 0 Å². The van der Waals surface area contributed by atoms with E-state index in [1.807, 2.05) is 18.2 Å². The van der Waals surface area contributed by atoms with E-state index in [-0.39, 0.29) is 5.54 Å². The van der Waals surface area contributed by atoms with Gasteiger partial charge >= 0.3 is 0 Å². The third-order valence-corrected chi connectivity index (χ3v) is 4.24. The van der Waals surface area contributed by atoms with Crippen molar-refractivity contribution in [2.45, 2.75) is 31.2 Å². The Bertz CT molecular complexity index is 515. The number of nitrogens with zero attached hydrogens (tertiary/aromatic N) is 1. The van der Waals surface area contributed by atoms with Crippen molar-refractivity contribution >= 4 is 22.0 Å². The third-order valence-electron chi connectivity index (χ3n) is 3.62. The molecule has 0 bridgehead atoms. The number of carbonyl (C=O) groups excluding carboxylic acids is 1. The summed E-state index contributed by atoms with van der Waals surface area (Å²) in [4.78, 5) is 14.4. The van der Waals surface area contributed by atoms with Crippen LogP contribution in [0.2, 0.25) is 0 Å². The van der Waals surface area contributed by atoms with Crippen LogP contribution in [0, 0.1) is 5.92 Å². The number of aliphatic imine (C=N–C) groups is 1. The zero-order valence-corrected chi connectivity index (χ0v) is 11.6. The Kier molecular flexibility index (Phi) is 3.00. The van der Waals surface area contributed by atoms with E-state index < -0.39 is 0 Å². The number of halogens is 1. The van der Waals surface area contributed by atoms with Crippen LogP contribution >= 0.6 is 15.9 Å². The second-order valence-corrected chi connectivity index (χ2v) is 5.99. The summed E-state index contributed by atoms with van der Waals surface area (Å²) in [5, 5.41) is 0. The molecule has 3 rings (SSSR count). The zero-order chi connectivity index (χ0) is 12.6. The van der Waals surface area contributed by atoms with Crippen LogP contribution < -0.4 is 4.74 Å². The highest BCUT2D eigenvalue weighted by molar-refractivity contribution is 9.10. The molecule has 3 nitrogen and oxygen atoms in total. The molecule has 2 aliphatic rings. The Balaban J connectivity index is 1.77. The number of ether oxygens (including phenoxy) is 1. The van der Waals surface area contributed by atoms with Gasteiger partial charge in [-0.3, -0.25) is 0 Å². The maximum absolute atomic E-state index is 10.4. The molecule has 1 aromatic rings. The molecule has 2 saturated carbocycles. The minimum atomic E-state index is -0.306. The fraction of sp³-hybridized carbons (Fsp3) is 0.500. The molecule has 0 spiro atoms. The molecule has 0 aliphatic heterocycles. The summed E-state index contributed by atoms with van der Waals surface area (Å²) in [6.07, 6.45) is 6.10. The summed E-state index contributed by atoms with van der Waals surface area (Å²) < 4.78 is 6.69. The first kappa shape index (κ1) is 11.9. The Hall–Kier alpha value is -1.12. The van der Waals surface area contributed by atoms with E-state index in [9.17, 15) is 4.79 Å². The average Bonchev–Trinajstić information content (AvgIpc) is 3.23. The van der Waals surface area contributed by atoms with E-state index in [4.69, 9.17) is 4.74 Å². The van der Waals surface area contributed by atoms with E-state index in [1.165, 1.54) is 12.8 Å². The van der Waals surface area contributed by atoms with E-state index in [0.29, 0.717) is 0 Å². The molecule has 0 saturated heterocycles. The Morgan fingerprint density at radius 2 is 2.22 bits per heavy atom. The molecule has 0 unspecified atom stereocenters. The van der Waals surface area contributed by atoms with Crippen molar-refractivity contribution in [3.05, 3.63) is 28.2 Å². The van der Waals surface area contributed by atoms with Gasteiger partial charge in [0.2, 0.25) is 6.08 Å². The van der Waals surface area contributed by atoms with E-state index >= 15 is 0 Å². The summed E-state index contributed by atoms with van der Waals surface area (Å²) in [5.41, 5.74) is 0.760. The van der Waals surface area contributed by atoms with Crippen molar-refractivity contribution < 1.29 is 9.53 Å². The van der Waals surface area contributed by atoms with Crippen molar-refractivity contribution in [1.29, 1.82) is 0 Å². The Labute approximate surface area is 114 Å². The second kappa shape index (κ2) is 4.52. The maximum atomic E-state index is 10.4. The number of isocyanates is 1. The highest BCUT2D eigenvalue weighted by Gasteiger charge is 2.45. The van der Waals surface area contributed by atoms with Gasteiger partial charge in [0.15, 0.2) is 0 Å². The van der Waals surface area contributed by atoms with Gasteiger partial charge in [0.1, 0.15) is 5.75 Å². The second-order valence-electron chi connectivity index (χ2n) is 5.13. The van der Waals surface area contributed by atoms with Crippen molar-refractivity contribution in [2.75, 3.05) is 6.61 Å². The van der Waals surface area contributed by atoms with Crippen LogP contribution in [-0.2, 0) is 10.3 Å². The lowest BCUT2D eigenvalue weighted by Crippen LogP contribution is -2.04. The molecule has 0 radical (unpaired) electrons. The molecular formula is C14H14BrNO2. The quantitative estimate of drug-likeness (QED) is 0.616. The summed E-state index contributed by atoms with van der Waals surface area (Å²) >= 11 is 3.52. The molecule has 4 heteroatoms. The van der Waals surface area contributed by atoms with Crippen molar-refractivity contribution in [1.82, 2.24) is 0 Å². The lowest BCUT2D eigenvalue weighted by molar-refractivity contribution is 0.298. The summed E-state index contributed by atoms with van der Waals surface area (Å²) in [6.45, 7) is 0.801. The van der Waals surface area contributed by atoms with Crippen LogP contribution in [0.5, 0.6) is 5.75 Å². The van der Waals surface area contributed by atoms with E-state index in [0.717, 1.165) is 41.2 Å². The first-order valence-electron chi connectivity index (χ1n) is 6.25. The zero-order valence-electron chi connectivity index (χ0n) is 9.99. The SMILES string of the molecule is O=C=NC1(c2ccc(OCC3CC3)c(Br)c2)CC1. The smallest absolute Gasteiger partial charge is 0.235 e. The number of hydrogen-bond donors (Lipinski definition) is 0. The molecule has 2 fully saturated rings. The van der Waals surface area contributed by atoms with Gasteiger partial charge in [-0.1, -0.05) is 6.07 Å². The van der Waals surface area contributed by atoms with Crippen LogP contribution in [0.3, 0.4) is 0 Å². The summed E-state index contributed by atoms with van der Waals surface area (Å²) in [6, 6.07) is 5.97. The predicted octanol–water partition coefficient (Wildman–Crippen LogP) is 3.56. The van der Waals surface area contributed by atoms with Crippen LogP contribution in [-0.4, -0.2) is 12.7 Å². The van der Waals surface area contributed by atoms with Gasteiger partial charge in [0.25, 0.3) is 0 Å². The van der Waals surface area contributed by atoms with Crippen LogP contribution in [0.15, 0.2) is 27.7 Å². The van der Waals surface area contributed by atoms with Gasteiger partial charge in [-0.25, -0.2) is 4.79 Å².